The highest BCUT2D eigenvalue weighted by Gasteiger charge is 2.16. The van der Waals surface area contributed by atoms with E-state index >= 15 is 0 Å². The minimum absolute atomic E-state index is 0.587. The molecule has 2 N–H and O–H groups in total. The molecular formula is C18H29N5. The second-order valence-corrected chi connectivity index (χ2v) is 6.54. The largest absolute Gasteiger partial charge is 0.357 e. The van der Waals surface area contributed by atoms with Gasteiger partial charge in [0.2, 0.25) is 0 Å². The van der Waals surface area contributed by atoms with Gasteiger partial charge in [-0.15, -0.1) is 0 Å². The van der Waals surface area contributed by atoms with Crippen LogP contribution in [0.15, 0.2) is 23.3 Å². The molecule has 0 atom stereocenters. The van der Waals surface area contributed by atoms with E-state index in [4.69, 9.17) is 4.99 Å². The lowest BCUT2D eigenvalue weighted by Crippen LogP contribution is -2.42. The molecule has 0 bridgehead atoms. The number of rotatable bonds is 5. The summed E-state index contributed by atoms with van der Waals surface area (Å²) in [6.07, 6.45) is 9.72. The molecule has 0 spiro atoms. The van der Waals surface area contributed by atoms with Gasteiger partial charge in [-0.2, -0.15) is 0 Å². The van der Waals surface area contributed by atoms with Crippen molar-refractivity contribution >= 4 is 11.8 Å². The number of hydrogen-bond acceptors (Lipinski definition) is 3. The Bertz CT molecular complexity index is 499. The van der Waals surface area contributed by atoms with E-state index in [-0.39, 0.29) is 0 Å². The van der Waals surface area contributed by atoms with Gasteiger partial charge in [0.1, 0.15) is 5.82 Å². The average molecular weight is 315 g/mol. The quantitative estimate of drug-likeness (QED) is 0.648. The molecule has 1 saturated carbocycles. The van der Waals surface area contributed by atoms with Crippen LogP contribution in [0.2, 0.25) is 0 Å². The normalized spacial score (nSPS) is 19.3. The van der Waals surface area contributed by atoms with Crippen LogP contribution in [-0.4, -0.2) is 36.6 Å². The summed E-state index contributed by atoms with van der Waals surface area (Å²) in [4.78, 5) is 11.7. The maximum absolute atomic E-state index is 4.72. The zero-order chi connectivity index (χ0) is 15.9. The second-order valence-electron chi connectivity index (χ2n) is 6.54. The number of anilines is 1. The highest BCUT2D eigenvalue weighted by atomic mass is 15.2. The monoisotopic (exact) mass is 315 g/mol. The first-order chi connectivity index (χ1) is 11.3. The summed E-state index contributed by atoms with van der Waals surface area (Å²) in [5.74, 6) is 2.04. The molecule has 0 amide bonds. The molecule has 2 heterocycles. The van der Waals surface area contributed by atoms with Gasteiger partial charge in [-0.3, -0.25) is 0 Å². The van der Waals surface area contributed by atoms with Crippen molar-refractivity contribution in [2.24, 2.45) is 4.99 Å². The Morgan fingerprint density at radius 2 is 2.00 bits per heavy atom. The maximum Gasteiger partial charge on any atom is 0.191 e. The first-order valence-corrected chi connectivity index (χ1v) is 9.10. The zero-order valence-electron chi connectivity index (χ0n) is 14.2. The molecular weight excluding hydrogens is 286 g/mol. The Hall–Kier alpha value is -1.78. The summed E-state index contributed by atoms with van der Waals surface area (Å²) < 4.78 is 0. The number of guanidine groups is 1. The zero-order valence-corrected chi connectivity index (χ0v) is 14.2. The molecule has 2 fully saturated rings. The summed E-state index contributed by atoms with van der Waals surface area (Å²) >= 11 is 0. The Balaban J connectivity index is 1.57. The van der Waals surface area contributed by atoms with Crippen molar-refractivity contribution in [3.05, 3.63) is 23.9 Å². The molecule has 126 valence electrons. The minimum atomic E-state index is 0.587. The van der Waals surface area contributed by atoms with Crippen molar-refractivity contribution in [3.8, 4) is 0 Å². The molecule has 2 aliphatic rings. The fourth-order valence-corrected chi connectivity index (χ4v) is 3.40. The van der Waals surface area contributed by atoms with Gasteiger partial charge in [0.05, 0.1) is 6.54 Å². The first-order valence-electron chi connectivity index (χ1n) is 9.10. The molecule has 0 aromatic carbocycles. The van der Waals surface area contributed by atoms with Crippen molar-refractivity contribution in [3.63, 3.8) is 0 Å². The Morgan fingerprint density at radius 3 is 2.65 bits per heavy atom. The molecule has 0 unspecified atom stereocenters. The molecule has 1 saturated heterocycles. The van der Waals surface area contributed by atoms with Crippen LogP contribution in [0.5, 0.6) is 0 Å². The van der Waals surface area contributed by atoms with Gasteiger partial charge in [0, 0.05) is 31.9 Å². The average Bonchev–Trinajstić information content (AvgIpc) is 3.27. The van der Waals surface area contributed by atoms with Crippen molar-refractivity contribution < 1.29 is 0 Å². The lowest BCUT2D eigenvalue weighted by atomic mass is 10.2. The molecule has 1 aliphatic carbocycles. The van der Waals surface area contributed by atoms with E-state index < -0.39 is 0 Å². The van der Waals surface area contributed by atoms with Crippen LogP contribution in [-0.2, 0) is 6.54 Å². The van der Waals surface area contributed by atoms with Gasteiger partial charge >= 0.3 is 0 Å². The van der Waals surface area contributed by atoms with Gasteiger partial charge in [-0.1, -0.05) is 18.9 Å². The van der Waals surface area contributed by atoms with Crippen molar-refractivity contribution in [2.75, 3.05) is 24.5 Å². The summed E-state index contributed by atoms with van der Waals surface area (Å²) in [5.41, 5.74) is 1.16. The van der Waals surface area contributed by atoms with Crippen LogP contribution >= 0.6 is 0 Å². The predicted molar refractivity (Wildman–Crippen MR) is 95.9 cm³/mol. The third kappa shape index (κ3) is 4.60. The van der Waals surface area contributed by atoms with Crippen molar-refractivity contribution in [1.82, 2.24) is 15.6 Å². The maximum atomic E-state index is 4.72. The van der Waals surface area contributed by atoms with Gasteiger partial charge in [-0.25, -0.2) is 9.98 Å². The summed E-state index contributed by atoms with van der Waals surface area (Å²) in [5, 5.41) is 6.90. The third-order valence-electron chi connectivity index (χ3n) is 4.70. The molecule has 1 aromatic heterocycles. The SMILES string of the molecule is CCNC(=NCc1ccc(N2CCCC2)nc1)NC1CCCC1. The van der Waals surface area contributed by atoms with Crippen LogP contribution in [0.25, 0.3) is 0 Å². The van der Waals surface area contributed by atoms with Crippen molar-refractivity contribution in [2.45, 2.75) is 58.0 Å². The number of aliphatic imine (C=N–C) groups is 1. The molecule has 3 rings (SSSR count). The number of aromatic nitrogens is 1. The van der Waals surface area contributed by atoms with E-state index in [1.54, 1.807) is 0 Å². The Morgan fingerprint density at radius 1 is 1.22 bits per heavy atom. The standard InChI is InChI=1S/C18H29N5/c1-2-19-18(22-16-7-3-4-8-16)21-14-15-9-10-17(20-13-15)23-11-5-6-12-23/h9-10,13,16H,2-8,11-12,14H2,1H3,(H2,19,21,22). The number of nitrogens with one attached hydrogen (secondary N) is 2. The first kappa shape index (κ1) is 16.1. The molecule has 5 heteroatoms. The Labute approximate surface area is 139 Å². The molecule has 23 heavy (non-hydrogen) atoms. The van der Waals surface area contributed by atoms with E-state index in [1.807, 2.05) is 6.20 Å². The van der Waals surface area contributed by atoms with Crippen LogP contribution in [0.4, 0.5) is 5.82 Å². The minimum Gasteiger partial charge on any atom is -0.357 e. The van der Waals surface area contributed by atoms with Crippen LogP contribution in [0.1, 0.15) is 51.0 Å². The number of nitrogens with zero attached hydrogens (tertiary/aromatic N) is 3. The fraction of sp³-hybridized carbons (Fsp3) is 0.667. The van der Waals surface area contributed by atoms with Crippen LogP contribution in [0, 0.1) is 0 Å². The molecule has 1 aromatic rings. The smallest absolute Gasteiger partial charge is 0.191 e. The van der Waals surface area contributed by atoms with Gasteiger partial charge in [-0.05, 0) is 44.2 Å². The number of pyridine rings is 1. The molecule has 5 nitrogen and oxygen atoms in total. The highest BCUT2D eigenvalue weighted by molar-refractivity contribution is 5.80. The lowest BCUT2D eigenvalue weighted by Gasteiger charge is -2.17. The lowest BCUT2D eigenvalue weighted by molar-refractivity contribution is 0.614. The predicted octanol–water partition coefficient (Wildman–Crippen LogP) is 2.68. The molecule has 1 aliphatic heterocycles. The van der Waals surface area contributed by atoms with Gasteiger partial charge < -0.3 is 15.5 Å². The number of hydrogen-bond donors (Lipinski definition) is 2. The highest BCUT2D eigenvalue weighted by Crippen LogP contribution is 2.18. The summed E-state index contributed by atoms with van der Waals surface area (Å²) in [6, 6.07) is 4.88. The van der Waals surface area contributed by atoms with E-state index in [0.717, 1.165) is 37.0 Å². The van der Waals surface area contributed by atoms with E-state index in [2.05, 4.69) is 39.6 Å². The van der Waals surface area contributed by atoms with E-state index in [0.29, 0.717) is 12.6 Å². The van der Waals surface area contributed by atoms with Gasteiger partial charge in [0.15, 0.2) is 5.96 Å². The molecule has 0 radical (unpaired) electrons. The fourth-order valence-electron chi connectivity index (χ4n) is 3.40. The summed E-state index contributed by atoms with van der Waals surface area (Å²) in [7, 11) is 0. The van der Waals surface area contributed by atoms with E-state index in [9.17, 15) is 0 Å². The summed E-state index contributed by atoms with van der Waals surface area (Å²) in [6.45, 7) is 5.96. The van der Waals surface area contributed by atoms with Gasteiger partial charge in [0.25, 0.3) is 0 Å². The van der Waals surface area contributed by atoms with Crippen LogP contribution < -0.4 is 15.5 Å². The van der Waals surface area contributed by atoms with Crippen molar-refractivity contribution in [1.29, 1.82) is 0 Å². The Kier molecular flexibility index (Phi) is 5.72. The van der Waals surface area contributed by atoms with E-state index in [1.165, 1.54) is 38.5 Å². The topological polar surface area (TPSA) is 52.6 Å². The van der Waals surface area contributed by atoms with Crippen LogP contribution in [0.3, 0.4) is 0 Å². The third-order valence-corrected chi connectivity index (χ3v) is 4.70. The second kappa shape index (κ2) is 8.18.